The maximum absolute atomic E-state index is 14.1. The van der Waals surface area contributed by atoms with Crippen LogP contribution < -0.4 is 23.8 Å². The highest BCUT2D eigenvalue weighted by atomic mass is 32.2. The van der Waals surface area contributed by atoms with Crippen LogP contribution in [0.1, 0.15) is 84.8 Å². The summed E-state index contributed by atoms with van der Waals surface area (Å²) in [6.45, 7) is 5.90. The van der Waals surface area contributed by atoms with Crippen molar-refractivity contribution in [2.24, 2.45) is 5.41 Å². The summed E-state index contributed by atoms with van der Waals surface area (Å²) in [6.07, 6.45) is 12.4. The standard InChI is InChI=1S/C48H53N7O9S/c56-47(51-65(59,60)37-24-42(55(57)58)45-44(25-37)62-30-36(64-45)29-52-18-20-61-21-19-52)40-10-9-33(23-43(40)63-35-22-32-11-14-49-46(32)50-28-35)53-16-12-48(13-17-53)26-34(27-48)54-15-3-6-41(54)39-5-2-1-4-38(39)31-7-8-31/h1-2,4-5,9-11,14,22-25,28,31,34,36,41H,3,6-8,12-13,15-21,26-27,29-30H2,(H,49,50)(H,51,56)/t36-,41+/m0/s1. The second-order valence-corrected chi connectivity index (χ2v) is 20.3. The Kier molecular flexibility index (Phi) is 10.9. The molecule has 5 fully saturated rings. The number of carbonyl (C=O) groups is 1. The van der Waals surface area contributed by atoms with Gasteiger partial charge in [0.15, 0.2) is 5.75 Å². The summed E-state index contributed by atoms with van der Waals surface area (Å²) in [7, 11) is -4.67. The summed E-state index contributed by atoms with van der Waals surface area (Å²) in [5.74, 6) is 0.0196. The van der Waals surface area contributed by atoms with Crippen LogP contribution >= 0.6 is 0 Å². The number of nitro benzene ring substituents is 1. The van der Waals surface area contributed by atoms with Gasteiger partial charge in [-0.2, -0.15) is 0 Å². The molecule has 11 rings (SSSR count). The number of aromatic amines is 1. The van der Waals surface area contributed by atoms with Gasteiger partial charge in [0.05, 0.1) is 34.8 Å². The van der Waals surface area contributed by atoms with Crippen LogP contribution in [0.25, 0.3) is 11.0 Å². The predicted molar refractivity (Wildman–Crippen MR) is 242 cm³/mol. The molecule has 0 radical (unpaired) electrons. The number of anilines is 1. The lowest BCUT2D eigenvalue weighted by Gasteiger charge is -2.56. The van der Waals surface area contributed by atoms with Crippen molar-refractivity contribution in [1.82, 2.24) is 24.5 Å². The molecule has 340 valence electrons. The number of morpholine rings is 1. The van der Waals surface area contributed by atoms with Crippen LogP contribution in [0.4, 0.5) is 11.4 Å². The lowest BCUT2D eigenvalue weighted by atomic mass is 9.59. The smallest absolute Gasteiger partial charge is 0.316 e. The summed E-state index contributed by atoms with van der Waals surface area (Å²) < 4.78 is 53.6. The predicted octanol–water partition coefficient (Wildman–Crippen LogP) is 7.32. The van der Waals surface area contributed by atoms with Crippen molar-refractivity contribution in [3.8, 4) is 23.0 Å². The Balaban J connectivity index is 0.799. The van der Waals surface area contributed by atoms with E-state index in [-0.39, 0.29) is 29.4 Å². The van der Waals surface area contributed by atoms with E-state index in [1.165, 1.54) is 51.3 Å². The third kappa shape index (κ3) is 8.39. The first-order valence-corrected chi connectivity index (χ1v) is 24.4. The molecular formula is C48H53N7O9S. The molecule has 0 bridgehead atoms. The lowest BCUT2D eigenvalue weighted by molar-refractivity contribution is -0.386. The number of aromatic nitrogens is 2. The minimum Gasteiger partial charge on any atom is -0.485 e. The molecular weight excluding hydrogens is 851 g/mol. The normalized spacial score (nSPS) is 22.5. The van der Waals surface area contributed by atoms with Crippen molar-refractivity contribution in [2.45, 2.75) is 80.4 Å². The van der Waals surface area contributed by atoms with Crippen molar-refractivity contribution in [3.63, 3.8) is 0 Å². The Morgan fingerprint density at radius 1 is 0.969 bits per heavy atom. The molecule has 3 aromatic carbocycles. The van der Waals surface area contributed by atoms with E-state index in [4.69, 9.17) is 18.9 Å². The van der Waals surface area contributed by atoms with Crippen LogP contribution in [0, 0.1) is 15.5 Å². The van der Waals surface area contributed by atoms with E-state index in [2.05, 4.69) is 53.7 Å². The number of sulfonamides is 1. The van der Waals surface area contributed by atoms with E-state index < -0.39 is 37.5 Å². The van der Waals surface area contributed by atoms with Gasteiger partial charge in [0, 0.05) is 80.3 Å². The van der Waals surface area contributed by atoms with Crippen molar-refractivity contribution in [3.05, 3.63) is 106 Å². The zero-order valence-electron chi connectivity index (χ0n) is 36.2. The number of likely N-dealkylation sites (tertiary alicyclic amines) is 1. The summed E-state index contributed by atoms with van der Waals surface area (Å²) in [5, 5.41) is 13.1. The van der Waals surface area contributed by atoms with Gasteiger partial charge in [0.25, 0.3) is 15.9 Å². The van der Waals surface area contributed by atoms with Crippen LogP contribution in [0.2, 0.25) is 0 Å². The summed E-state index contributed by atoms with van der Waals surface area (Å²) in [5.41, 5.74) is 4.33. The summed E-state index contributed by atoms with van der Waals surface area (Å²) in [6, 6.07) is 21.1. The average molecular weight is 904 g/mol. The van der Waals surface area contributed by atoms with E-state index in [9.17, 15) is 23.3 Å². The number of fused-ring (bicyclic) bond motifs is 2. The quantitative estimate of drug-likeness (QED) is 0.0940. The number of H-pyrrole nitrogens is 1. The Morgan fingerprint density at radius 3 is 2.55 bits per heavy atom. The monoisotopic (exact) mass is 903 g/mol. The fourth-order valence-corrected chi connectivity index (χ4v) is 11.9. The summed E-state index contributed by atoms with van der Waals surface area (Å²) >= 11 is 0. The highest BCUT2D eigenvalue weighted by Gasteiger charge is 2.50. The van der Waals surface area contributed by atoms with Crippen LogP contribution in [0.5, 0.6) is 23.0 Å². The highest BCUT2D eigenvalue weighted by molar-refractivity contribution is 7.90. The van der Waals surface area contributed by atoms with Crippen LogP contribution in [0.15, 0.2) is 84.0 Å². The number of hydrogen-bond acceptors (Lipinski definition) is 13. The van der Waals surface area contributed by atoms with Gasteiger partial charge in [-0.3, -0.25) is 24.7 Å². The fourth-order valence-electron chi connectivity index (χ4n) is 10.9. The molecule has 2 N–H and O–H groups in total. The number of piperidine rings is 1. The zero-order valence-corrected chi connectivity index (χ0v) is 37.0. The van der Waals surface area contributed by atoms with E-state index in [0.717, 1.165) is 55.1 Å². The van der Waals surface area contributed by atoms with Gasteiger partial charge in [-0.1, -0.05) is 24.3 Å². The van der Waals surface area contributed by atoms with Crippen LogP contribution in [-0.2, 0) is 14.8 Å². The maximum Gasteiger partial charge on any atom is 0.316 e. The number of rotatable bonds is 12. The van der Waals surface area contributed by atoms with Gasteiger partial charge in [-0.15, -0.1) is 0 Å². The molecule has 17 heteroatoms. The minimum absolute atomic E-state index is 0.0387. The van der Waals surface area contributed by atoms with Gasteiger partial charge in [-0.25, -0.2) is 18.1 Å². The molecule has 3 saturated heterocycles. The van der Waals surface area contributed by atoms with Crippen molar-refractivity contribution in [1.29, 1.82) is 0 Å². The van der Waals surface area contributed by atoms with E-state index >= 15 is 0 Å². The molecule has 1 amide bonds. The first-order valence-electron chi connectivity index (χ1n) is 22.9. The maximum atomic E-state index is 14.1. The Bertz CT molecular complexity index is 2740. The van der Waals surface area contributed by atoms with Crippen molar-refractivity contribution >= 4 is 38.3 Å². The van der Waals surface area contributed by atoms with E-state index in [0.29, 0.717) is 61.7 Å². The van der Waals surface area contributed by atoms with Crippen molar-refractivity contribution < 1.29 is 37.1 Å². The molecule has 0 unspecified atom stereocenters. The first-order chi connectivity index (χ1) is 31.6. The first kappa shape index (κ1) is 41.9. The zero-order chi connectivity index (χ0) is 44.3. The van der Waals surface area contributed by atoms with E-state index in [1.54, 1.807) is 35.5 Å². The number of hydrogen-bond donors (Lipinski definition) is 2. The average Bonchev–Trinajstić information content (AvgIpc) is 3.85. The van der Waals surface area contributed by atoms with E-state index in [1.807, 2.05) is 12.1 Å². The molecule has 2 aromatic heterocycles. The Hall–Kier alpha value is -5.75. The molecule has 6 heterocycles. The molecule has 5 aromatic rings. The third-order valence-corrected chi connectivity index (χ3v) is 15.8. The second kappa shape index (κ2) is 16.9. The number of carbonyl (C=O) groups excluding carboxylic acids is 1. The molecule has 4 aliphatic heterocycles. The topological polar surface area (TPSA) is 182 Å². The third-order valence-electron chi connectivity index (χ3n) is 14.5. The number of amides is 1. The molecule has 2 aliphatic carbocycles. The fraction of sp³-hybridized carbons (Fsp3) is 0.458. The van der Waals surface area contributed by atoms with Gasteiger partial charge < -0.3 is 28.8 Å². The van der Waals surface area contributed by atoms with Gasteiger partial charge >= 0.3 is 5.69 Å². The number of benzene rings is 3. The lowest BCUT2D eigenvalue weighted by Crippen LogP contribution is -2.54. The molecule has 16 nitrogen and oxygen atoms in total. The number of nitro groups is 1. The second-order valence-electron chi connectivity index (χ2n) is 18.6. The number of nitrogens with zero attached hydrogens (tertiary/aromatic N) is 5. The van der Waals surface area contributed by atoms with Gasteiger partial charge in [0.2, 0.25) is 5.75 Å². The Labute approximate surface area is 377 Å². The van der Waals surface area contributed by atoms with Crippen LogP contribution in [-0.4, -0.2) is 110 Å². The molecule has 65 heavy (non-hydrogen) atoms. The SMILES string of the molecule is O=C(NS(=O)(=O)c1cc2c(c([N+](=O)[O-])c1)O[C@@H](CN1CCOCC1)CO2)c1ccc(N2CCC3(CC2)CC(N2CCC[C@@H]2c2ccccc2C2CC2)C3)cc1Oc1cnc2[nH]ccc2c1. The molecule has 6 aliphatic rings. The van der Waals surface area contributed by atoms with Gasteiger partial charge in [0.1, 0.15) is 29.9 Å². The minimum atomic E-state index is -4.67. The Morgan fingerprint density at radius 2 is 1.77 bits per heavy atom. The van der Waals surface area contributed by atoms with Gasteiger partial charge in [-0.05, 0) is 105 Å². The molecule has 1 spiro atoms. The van der Waals surface area contributed by atoms with Crippen LogP contribution in [0.3, 0.4) is 0 Å². The number of ether oxygens (including phenoxy) is 4. The van der Waals surface area contributed by atoms with Crippen molar-refractivity contribution in [2.75, 3.05) is 64.0 Å². The largest absolute Gasteiger partial charge is 0.485 e. The molecule has 2 saturated carbocycles. The highest BCUT2D eigenvalue weighted by Crippen LogP contribution is 2.55. The molecule has 2 atom stereocenters. The number of pyridine rings is 1. The summed E-state index contributed by atoms with van der Waals surface area (Å²) in [4.78, 5) is 39.9. The number of nitrogens with one attached hydrogen (secondary N) is 2.